The van der Waals surface area contributed by atoms with Crippen molar-refractivity contribution in [2.24, 2.45) is 5.92 Å². The van der Waals surface area contributed by atoms with Crippen molar-refractivity contribution < 1.29 is 14.6 Å². The van der Waals surface area contributed by atoms with Crippen molar-refractivity contribution in [3.05, 3.63) is 29.3 Å². The molecule has 1 aromatic carbocycles. The molecule has 0 bridgehead atoms. The van der Waals surface area contributed by atoms with Crippen LogP contribution in [0.25, 0.3) is 0 Å². The van der Waals surface area contributed by atoms with Gasteiger partial charge in [0.25, 0.3) is 0 Å². The standard InChI is InChI=1S/C17H25NO3/c1-12(2)10-15(17(19)20)18-8-3-4-13-5-6-16-14(11-13)7-9-21-16/h5-6,11-12,15,18H,3-4,7-10H2,1-2H3,(H,19,20)/t15-/m1/s1. The Morgan fingerprint density at radius 2 is 2.24 bits per heavy atom. The highest BCUT2D eigenvalue weighted by atomic mass is 16.5. The van der Waals surface area contributed by atoms with E-state index >= 15 is 0 Å². The summed E-state index contributed by atoms with van der Waals surface area (Å²) in [7, 11) is 0. The molecule has 1 aromatic rings. The normalized spacial score (nSPS) is 14.8. The number of aryl methyl sites for hydroxylation is 1. The Morgan fingerprint density at radius 1 is 1.43 bits per heavy atom. The number of benzene rings is 1. The molecule has 0 saturated heterocycles. The van der Waals surface area contributed by atoms with Crippen LogP contribution in [0.5, 0.6) is 5.75 Å². The molecular formula is C17H25NO3. The first-order chi connectivity index (χ1) is 10.1. The third-order valence-electron chi connectivity index (χ3n) is 3.79. The van der Waals surface area contributed by atoms with Gasteiger partial charge in [0, 0.05) is 6.42 Å². The van der Waals surface area contributed by atoms with E-state index in [9.17, 15) is 4.79 Å². The summed E-state index contributed by atoms with van der Waals surface area (Å²) < 4.78 is 5.50. The minimum atomic E-state index is -0.752. The third-order valence-corrected chi connectivity index (χ3v) is 3.79. The Balaban J connectivity index is 1.75. The maximum Gasteiger partial charge on any atom is 0.320 e. The van der Waals surface area contributed by atoms with Gasteiger partial charge in [-0.1, -0.05) is 26.0 Å². The summed E-state index contributed by atoms with van der Waals surface area (Å²) in [4.78, 5) is 11.2. The van der Waals surface area contributed by atoms with Crippen molar-refractivity contribution in [1.82, 2.24) is 5.32 Å². The molecule has 0 aliphatic carbocycles. The molecule has 4 nitrogen and oxygen atoms in total. The Labute approximate surface area is 126 Å². The van der Waals surface area contributed by atoms with E-state index in [1.807, 2.05) is 19.9 Å². The molecule has 2 rings (SSSR count). The zero-order chi connectivity index (χ0) is 15.2. The van der Waals surface area contributed by atoms with Gasteiger partial charge in [0.05, 0.1) is 6.61 Å². The van der Waals surface area contributed by atoms with Gasteiger partial charge in [-0.15, -0.1) is 0 Å². The van der Waals surface area contributed by atoms with Gasteiger partial charge in [0.1, 0.15) is 11.8 Å². The summed E-state index contributed by atoms with van der Waals surface area (Å²) in [6.45, 7) is 5.61. The van der Waals surface area contributed by atoms with Crippen LogP contribution in [0.1, 0.15) is 37.8 Å². The number of ether oxygens (including phenoxy) is 1. The van der Waals surface area contributed by atoms with Crippen molar-refractivity contribution >= 4 is 5.97 Å². The number of carboxylic acid groups (broad SMARTS) is 1. The van der Waals surface area contributed by atoms with Gasteiger partial charge in [-0.3, -0.25) is 4.79 Å². The molecule has 21 heavy (non-hydrogen) atoms. The first-order valence-corrected chi connectivity index (χ1v) is 7.77. The fourth-order valence-electron chi connectivity index (χ4n) is 2.71. The molecule has 0 aromatic heterocycles. The summed E-state index contributed by atoms with van der Waals surface area (Å²) >= 11 is 0. The molecule has 1 atom stereocenters. The maximum absolute atomic E-state index is 11.2. The number of hydrogen-bond donors (Lipinski definition) is 2. The van der Waals surface area contributed by atoms with Gasteiger partial charge in [-0.2, -0.15) is 0 Å². The lowest BCUT2D eigenvalue weighted by Gasteiger charge is -2.16. The number of carboxylic acids is 1. The maximum atomic E-state index is 11.2. The van der Waals surface area contributed by atoms with Crippen LogP contribution in [-0.4, -0.2) is 30.3 Å². The highest BCUT2D eigenvalue weighted by molar-refractivity contribution is 5.73. The first kappa shape index (κ1) is 15.8. The number of fused-ring (bicyclic) bond motifs is 1. The summed E-state index contributed by atoms with van der Waals surface area (Å²) in [5.74, 6) is 0.647. The number of hydrogen-bond acceptors (Lipinski definition) is 3. The van der Waals surface area contributed by atoms with Crippen LogP contribution in [0.4, 0.5) is 0 Å². The van der Waals surface area contributed by atoms with Gasteiger partial charge in [-0.05, 0) is 48.9 Å². The fraction of sp³-hybridized carbons (Fsp3) is 0.588. The van der Waals surface area contributed by atoms with E-state index < -0.39 is 12.0 Å². The molecule has 0 saturated carbocycles. The van der Waals surface area contributed by atoms with E-state index in [-0.39, 0.29) is 0 Å². The second-order valence-electron chi connectivity index (χ2n) is 6.12. The predicted octanol–water partition coefficient (Wildman–Crippen LogP) is 2.64. The van der Waals surface area contributed by atoms with Crippen LogP contribution in [0.2, 0.25) is 0 Å². The second kappa shape index (κ2) is 7.46. The van der Waals surface area contributed by atoms with E-state index in [1.165, 1.54) is 11.1 Å². The van der Waals surface area contributed by atoms with Crippen LogP contribution >= 0.6 is 0 Å². The Kier molecular flexibility index (Phi) is 5.62. The number of nitrogens with one attached hydrogen (secondary N) is 1. The molecule has 1 aliphatic rings. The Bertz CT molecular complexity index is 485. The van der Waals surface area contributed by atoms with Crippen LogP contribution in [-0.2, 0) is 17.6 Å². The van der Waals surface area contributed by atoms with Gasteiger partial charge in [0.2, 0.25) is 0 Å². The summed E-state index contributed by atoms with van der Waals surface area (Å²) in [5, 5.41) is 12.3. The molecule has 4 heteroatoms. The van der Waals surface area contributed by atoms with Gasteiger partial charge in [-0.25, -0.2) is 0 Å². The Morgan fingerprint density at radius 3 is 2.95 bits per heavy atom. The van der Waals surface area contributed by atoms with Crippen LogP contribution in [0, 0.1) is 5.92 Å². The lowest BCUT2D eigenvalue weighted by atomic mass is 10.0. The fourth-order valence-corrected chi connectivity index (χ4v) is 2.71. The van der Waals surface area contributed by atoms with E-state index in [4.69, 9.17) is 9.84 Å². The van der Waals surface area contributed by atoms with Crippen LogP contribution in [0.3, 0.4) is 0 Å². The molecule has 0 amide bonds. The first-order valence-electron chi connectivity index (χ1n) is 7.77. The summed E-state index contributed by atoms with van der Waals surface area (Å²) in [6.07, 6.45) is 3.58. The van der Waals surface area contributed by atoms with Crippen LogP contribution < -0.4 is 10.1 Å². The highest BCUT2D eigenvalue weighted by Gasteiger charge is 2.17. The highest BCUT2D eigenvalue weighted by Crippen LogP contribution is 2.26. The topological polar surface area (TPSA) is 58.6 Å². The summed E-state index contributed by atoms with van der Waals surface area (Å²) in [5.41, 5.74) is 2.60. The molecule has 0 unspecified atom stereocenters. The number of carbonyl (C=O) groups is 1. The summed E-state index contributed by atoms with van der Waals surface area (Å²) in [6, 6.07) is 5.93. The van der Waals surface area contributed by atoms with Crippen molar-refractivity contribution in [2.45, 2.75) is 45.6 Å². The number of rotatable bonds is 8. The SMILES string of the molecule is CC(C)C[C@@H](NCCCc1ccc2c(c1)CCO2)C(=O)O. The molecule has 0 radical (unpaired) electrons. The Hall–Kier alpha value is -1.55. The molecule has 0 fully saturated rings. The van der Waals surface area contributed by atoms with E-state index in [1.54, 1.807) is 0 Å². The second-order valence-corrected chi connectivity index (χ2v) is 6.12. The molecule has 2 N–H and O–H groups in total. The molecule has 0 spiro atoms. The minimum Gasteiger partial charge on any atom is -0.493 e. The van der Waals surface area contributed by atoms with Crippen molar-refractivity contribution in [3.8, 4) is 5.75 Å². The quantitative estimate of drug-likeness (QED) is 0.723. The van der Waals surface area contributed by atoms with E-state index in [2.05, 4.69) is 17.4 Å². The lowest BCUT2D eigenvalue weighted by molar-refractivity contribution is -0.139. The van der Waals surface area contributed by atoms with Gasteiger partial charge in [0.15, 0.2) is 0 Å². The van der Waals surface area contributed by atoms with Gasteiger partial charge < -0.3 is 15.2 Å². The van der Waals surface area contributed by atoms with Crippen molar-refractivity contribution in [2.75, 3.05) is 13.2 Å². The van der Waals surface area contributed by atoms with Crippen LogP contribution in [0.15, 0.2) is 18.2 Å². The van der Waals surface area contributed by atoms with Gasteiger partial charge >= 0.3 is 5.97 Å². The smallest absolute Gasteiger partial charge is 0.320 e. The van der Waals surface area contributed by atoms with E-state index in [0.29, 0.717) is 12.3 Å². The molecule has 1 heterocycles. The zero-order valence-corrected chi connectivity index (χ0v) is 12.9. The number of aliphatic carboxylic acids is 1. The third kappa shape index (κ3) is 4.74. The molecule has 116 valence electrons. The lowest BCUT2D eigenvalue weighted by Crippen LogP contribution is -2.38. The molecular weight excluding hydrogens is 266 g/mol. The molecule has 1 aliphatic heterocycles. The minimum absolute atomic E-state index is 0.385. The van der Waals surface area contributed by atoms with E-state index in [0.717, 1.165) is 38.2 Å². The largest absolute Gasteiger partial charge is 0.493 e. The van der Waals surface area contributed by atoms with Crippen molar-refractivity contribution in [3.63, 3.8) is 0 Å². The average Bonchev–Trinajstić information content (AvgIpc) is 2.89. The average molecular weight is 291 g/mol. The van der Waals surface area contributed by atoms with Crippen molar-refractivity contribution in [1.29, 1.82) is 0 Å². The monoisotopic (exact) mass is 291 g/mol. The zero-order valence-electron chi connectivity index (χ0n) is 12.9. The predicted molar refractivity (Wildman–Crippen MR) is 82.8 cm³/mol.